The molecule has 2 heterocycles. The number of fused-ring (bicyclic) bond motifs is 16. The molecule has 0 aliphatic heterocycles. The molecule has 2 heteroatoms. The fraction of sp³-hybridized carbons (Fsp3) is 0.0204. The number of para-hydroxylation sites is 2. The van der Waals surface area contributed by atoms with Crippen LogP contribution in [0.25, 0.3) is 86.6 Å². The van der Waals surface area contributed by atoms with Crippen LogP contribution < -0.4 is 0 Å². The van der Waals surface area contributed by atoms with Crippen molar-refractivity contribution in [2.45, 2.75) is 5.41 Å². The van der Waals surface area contributed by atoms with Gasteiger partial charge < -0.3 is 4.42 Å². The molecule has 0 fully saturated rings. The summed E-state index contributed by atoms with van der Waals surface area (Å²) < 4.78 is 9.24. The average molecular weight is 665 g/mol. The van der Waals surface area contributed by atoms with E-state index in [1.165, 1.54) is 81.4 Å². The van der Waals surface area contributed by atoms with Crippen LogP contribution in [0.3, 0.4) is 0 Å². The first-order valence-corrected chi connectivity index (χ1v) is 18.4. The molecule has 8 aromatic carbocycles. The molecule has 2 aromatic heterocycles. The number of furan rings is 1. The molecule has 1 atom stereocenters. The lowest BCUT2D eigenvalue weighted by Crippen LogP contribution is -2.26. The summed E-state index contributed by atoms with van der Waals surface area (Å²) in [6.07, 6.45) is 0. The van der Waals surface area contributed by atoms with Crippen molar-refractivity contribution in [2.24, 2.45) is 0 Å². The van der Waals surface area contributed by atoms with Crippen molar-refractivity contribution in [3.8, 4) is 44.5 Å². The van der Waals surface area contributed by atoms with E-state index in [9.17, 15) is 0 Å². The van der Waals surface area contributed by atoms with E-state index in [1.54, 1.807) is 0 Å². The second kappa shape index (κ2) is 9.94. The topological polar surface area (TPSA) is 13.1 Å². The van der Waals surface area contributed by atoms with Gasteiger partial charge in [0.15, 0.2) is 0 Å². The lowest BCUT2D eigenvalue weighted by molar-refractivity contribution is 0.670. The smallest absolute Gasteiger partial charge is 0.143 e. The Kier molecular flexibility index (Phi) is 5.38. The molecule has 2 aliphatic carbocycles. The lowest BCUT2D eigenvalue weighted by Gasteiger charge is -2.31. The van der Waals surface area contributed by atoms with Crippen LogP contribution >= 0.6 is 11.3 Å². The zero-order valence-electron chi connectivity index (χ0n) is 27.5. The predicted molar refractivity (Wildman–Crippen MR) is 214 cm³/mol. The fourth-order valence-corrected chi connectivity index (χ4v) is 10.7. The van der Waals surface area contributed by atoms with Gasteiger partial charge in [-0.2, -0.15) is 0 Å². The third-order valence-electron chi connectivity index (χ3n) is 11.5. The fourth-order valence-electron chi connectivity index (χ4n) is 9.42. The van der Waals surface area contributed by atoms with Crippen molar-refractivity contribution < 1.29 is 4.42 Å². The monoisotopic (exact) mass is 664 g/mol. The summed E-state index contributed by atoms with van der Waals surface area (Å²) in [5.74, 6) is 0. The number of hydrogen-bond donors (Lipinski definition) is 0. The van der Waals surface area contributed by atoms with Crippen LogP contribution in [-0.2, 0) is 5.41 Å². The molecule has 0 saturated carbocycles. The molecule has 236 valence electrons. The van der Waals surface area contributed by atoms with Gasteiger partial charge in [0.25, 0.3) is 0 Å². The highest BCUT2D eigenvalue weighted by Gasteiger charge is 2.51. The first-order valence-electron chi connectivity index (χ1n) is 17.6. The molecule has 10 aromatic rings. The summed E-state index contributed by atoms with van der Waals surface area (Å²) in [5, 5.41) is 4.96. The molecule has 51 heavy (non-hydrogen) atoms. The standard InChI is InChI=1S/C49H28OS/c1-5-19-41-33(11-1)35-25-23-29(31-15-9-17-39-37-13-3-7-21-45(37)50-47(31)39)27-43(35)49(41)42-20-6-2-12-34(42)36-26-24-30(28-44(36)49)32-16-10-18-40-38-14-4-8-22-46(38)51-48(32)40/h1-28H. The first kappa shape index (κ1) is 27.6. The van der Waals surface area contributed by atoms with Gasteiger partial charge in [0.05, 0.1) is 5.41 Å². The third kappa shape index (κ3) is 3.50. The van der Waals surface area contributed by atoms with Gasteiger partial charge in [-0.1, -0.05) is 146 Å². The summed E-state index contributed by atoms with van der Waals surface area (Å²) in [7, 11) is 0. The Morgan fingerprint density at radius 1 is 0.373 bits per heavy atom. The number of benzene rings is 8. The van der Waals surface area contributed by atoms with Crippen molar-refractivity contribution in [2.75, 3.05) is 0 Å². The number of hydrogen-bond acceptors (Lipinski definition) is 2. The highest BCUT2D eigenvalue weighted by Crippen LogP contribution is 2.63. The van der Waals surface area contributed by atoms with E-state index in [2.05, 4.69) is 164 Å². The van der Waals surface area contributed by atoms with Gasteiger partial charge in [0, 0.05) is 36.5 Å². The first-order chi connectivity index (χ1) is 25.3. The molecule has 0 bridgehead atoms. The number of thiophene rings is 1. The zero-order valence-corrected chi connectivity index (χ0v) is 28.3. The zero-order chi connectivity index (χ0) is 33.3. The molecule has 12 rings (SSSR count). The van der Waals surface area contributed by atoms with Crippen LogP contribution in [0.1, 0.15) is 22.3 Å². The molecular weight excluding hydrogens is 637 g/mol. The van der Waals surface area contributed by atoms with Crippen molar-refractivity contribution in [3.63, 3.8) is 0 Å². The van der Waals surface area contributed by atoms with Crippen molar-refractivity contribution in [1.29, 1.82) is 0 Å². The Morgan fingerprint density at radius 3 is 1.65 bits per heavy atom. The van der Waals surface area contributed by atoms with Crippen LogP contribution in [-0.4, -0.2) is 0 Å². The summed E-state index contributed by atoms with van der Waals surface area (Å²) in [6, 6.07) is 63.0. The predicted octanol–water partition coefficient (Wildman–Crippen LogP) is 13.6. The van der Waals surface area contributed by atoms with E-state index in [-0.39, 0.29) is 0 Å². The summed E-state index contributed by atoms with van der Waals surface area (Å²) in [6.45, 7) is 0. The van der Waals surface area contributed by atoms with Crippen LogP contribution in [0.4, 0.5) is 0 Å². The maximum absolute atomic E-state index is 6.57. The molecular formula is C49H28OS. The molecule has 0 amide bonds. The number of rotatable bonds is 2. The van der Waals surface area contributed by atoms with Gasteiger partial charge in [0.1, 0.15) is 11.2 Å². The Morgan fingerprint density at radius 2 is 0.902 bits per heavy atom. The lowest BCUT2D eigenvalue weighted by atomic mass is 9.70. The van der Waals surface area contributed by atoms with Crippen molar-refractivity contribution >= 4 is 53.4 Å². The van der Waals surface area contributed by atoms with Crippen LogP contribution in [0.15, 0.2) is 174 Å². The van der Waals surface area contributed by atoms with E-state index in [0.29, 0.717) is 0 Å². The quantitative estimate of drug-likeness (QED) is 0.179. The van der Waals surface area contributed by atoms with Gasteiger partial charge in [-0.15, -0.1) is 11.3 Å². The molecule has 0 saturated heterocycles. The molecule has 0 radical (unpaired) electrons. The third-order valence-corrected chi connectivity index (χ3v) is 12.7. The summed E-state index contributed by atoms with van der Waals surface area (Å²) >= 11 is 1.90. The Balaban J connectivity index is 1.15. The SMILES string of the molecule is c1ccc2c(c1)-c1ccc(-c3cccc4c3oc3ccccc34)cc1C21c2ccccc2-c2ccc(-c3cccc4c3sc3ccccc34)cc21. The minimum atomic E-state index is -0.459. The highest BCUT2D eigenvalue weighted by molar-refractivity contribution is 7.26. The average Bonchev–Trinajstić information content (AvgIpc) is 3.92. The Bertz CT molecular complexity index is 2890. The minimum absolute atomic E-state index is 0.459. The van der Waals surface area contributed by atoms with Crippen LogP contribution in [0.2, 0.25) is 0 Å². The van der Waals surface area contributed by atoms with Gasteiger partial charge >= 0.3 is 0 Å². The molecule has 1 spiro atoms. The second-order valence-electron chi connectivity index (χ2n) is 13.9. The maximum atomic E-state index is 6.57. The van der Waals surface area contributed by atoms with E-state index in [1.807, 2.05) is 17.4 Å². The van der Waals surface area contributed by atoms with E-state index >= 15 is 0 Å². The van der Waals surface area contributed by atoms with Gasteiger partial charge in [0.2, 0.25) is 0 Å². The summed E-state index contributed by atoms with van der Waals surface area (Å²) in [5.41, 5.74) is 16.8. The second-order valence-corrected chi connectivity index (χ2v) is 15.0. The molecule has 1 unspecified atom stereocenters. The Hall–Kier alpha value is -6.22. The molecule has 0 N–H and O–H groups in total. The highest BCUT2D eigenvalue weighted by atomic mass is 32.1. The van der Waals surface area contributed by atoms with E-state index in [0.717, 1.165) is 27.5 Å². The minimum Gasteiger partial charge on any atom is -0.455 e. The molecule has 1 nitrogen and oxygen atoms in total. The van der Waals surface area contributed by atoms with Crippen LogP contribution in [0.5, 0.6) is 0 Å². The molecule has 2 aliphatic rings. The maximum Gasteiger partial charge on any atom is 0.143 e. The van der Waals surface area contributed by atoms with Gasteiger partial charge in [-0.05, 0) is 85.5 Å². The normalized spacial score (nSPS) is 15.5. The summed E-state index contributed by atoms with van der Waals surface area (Å²) in [4.78, 5) is 0. The van der Waals surface area contributed by atoms with E-state index in [4.69, 9.17) is 4.42 Å². The largest absolute Gasteiger partial charge is 0.455 e. The Labute approximate surface area is 298 Å². The van der Waals surface area contributed by atoms with Crippen molar-refractivity contribution in [1.82, 2.24) is 0 Å². The van der Waals surface area contributed by atoms with Crippen molar-refractivity contribution in [3.05, 3.63) is 192 Å². The van der Waals surface area contributed by atoms with E-state index < -0.39 is 5.41 Å². The van der Waals surface area contributed by atoms with Crippen LogP contribution in [0, 0.1) is 0 Å². The van der Waals surface area contributed by atoms with Gasteiger partial charge in [-0.25, -0.2) is 0 Å². The van der Waals surface area contributed by atoms with Gasteiger partial charge in [-0.3, -0.25) is 0 Å².